The van der Waals surface area contributed by atoms with Gasteiger partial charge in [-0.15, -0.1) is 21.5 Å². The molecule has 0 saturated carbocycles. The summed E-state index contributed by atoms with van der Waals surface area (Å²) in [5, 5.41) is 14.7. The van der Waals surface area contributed by atoms with Crippen LogP contribution in [0.1, 0.15) is 18.4 Å². The summed E-state index contributed by atoms with van der Waals surface area (Å²) in [6, 6.07) is 11.8. The molecule has 1 atom stereocenters. The van der Waals surface area contributed by atoms with Crippen LogP contribution in [0.15, 0.2) is 57.6 Å². The van der Waals surface area contributed by atoms with E-state index in [0.29, 0.717) is 28.4 Å². The molecule has 3 aromatic heterocycles. The predicted octanol–water partition coefficient (Wildman–Crippen LogP) is 4.88. The fourth-order valence-electron chi connectivity index (χ4n) is 3.61. The molecule has 8 nitrogen and oxygen atoms in total. The molecule has 170 valence electrons. The van der Waals surface area contributed by atoms with Crippen LogP contribution in [0.2, 0.25) is 0 Å². The summed E-state index contributed by atoms with van der Waals surface area (Å²) in [6.07, 6.45) is 3.76. The highest BCUT2D eigenvalue weighted by Gasteiger charge is 2.23. The van der Waals surface area contributed by atoms with Crippen molar-refractivity contribution in [3.63, 3.8) is 0 Å². The third-order valence-electron chi connectivity index (χ3n) is 5.30. The Labute approximate surface area is 199 Å². The Morgan fingerprint density at radius 2 is 2.15 bits per heavy atom. The number of aromatic nitrogens is 4. The summed E-state index contributed by atoms with van der Waals surface area (Å²) in [7, 11) is 0. The summed E-state index contributed by atoms with van der Waals surface area (Å²) in [5.41, 5.74) is 3.07. The lowest BCUT2D eigenvalue weighted by Crippen LogP contribution is -2.18. The Balaban J connectivity index is 1.24. The third kappa shape index (κ3) is 5.18. The van der Waals surface area contributed by atoms with E-state index in [1.165, 1.54) is 28.7 Å². The number of nitrogens with zero attached hydrogens (tertiary/aromatic N) is 4. The van der Waals surface area contributed by atoms with E-state index in [2.05, 4.69) is 20.5 Å². The van der Waals surface area contributed by atoms with Gasteiger partial charge < -0.3 is 14.5 Å². The molecule has 0 radical (unpaired) electrons. The fraction of sp³-hybridized carbons (Fsp3) is 0.304. The molecule has 0 aliphatic carbocycles. The number of amides is 1. The van der Waals surface area contributed by atoms with Crippen LogP contribution in [0.5, 0.6) is 0 Å². The SMILES string of the molecule is Cc1ccc(-c2csc(NC(=O)CSc3nnc(-c4ccco4)n3CC3CCCO3)n2)cc1. The van der Waals surface area contributed by atoms with Gasteiger partial charge in [0.25, 0.3) is 0 Å². The van der Waals surface area contributed by atoms with Crippen LogP contribution in [-0.2, 0) is 16.1 Å². The van der Waals surface area contributed by atoms with Gasteiger partial charge in [-0.3, -0.25) is 9.36 Å². The molecule has 10 heteroatoms. The molecule has 33 heavy (non-hydrogen) atoms. The highest BCUT2D eigenvalue weighted by atomic mass is 32.2. The monoisotopic (exact) mass is 481 g/mol. The second-order valence-electron chi connectivity index (χ2n) is 7.77. The molecule has 1 aliphatic rings. The number of carbonyl (C=O) groups is 1. The first-order chi connectivity index (χ1) is 16.2. The van der Waals surface area contributed by atoms with Crippen molar-refractivity contribution < 1.29 is 13.9 Å². The van der Waals surface area contributed by atoms with Crippen molar-refractivity contribution >= 4 is 34.1 Å². The van der Waals surface area contributed by atoms with Gasteiger partial charge in [-0.2, -0.15) is 0 Å². The largest absolute Gasteiger partial charge is 0.461 e. The standard InChI is InChI=1S/C23H23N5O3S2/c1-15-6-8-16(9-7-15)18-13-32-22(24-18)25-20(29)14-33-23-27-26-21(19-5-3-11-31-19)28(23)12-17-4-2-10-30-17/h3,5-9,11,13,17H,2,4,10,12,14H2,1H3,(H,24,25,29). The van der Waals surface area contributed by atoms with Crippen molar-refractivity contribution in [3.8, 4) is 22.8 Å². The van der Waals surface area contributed by atoms with E-state index < -0.39 is 0 Å². The zero-order valence-corrected chi connectivity index (χ0v) is 19.7. The van der Waals surface area contributed by atoms with E-state index in [-0.39, 0.29) is 17.8 Å². The number of rotatable bonds is 8. The number of carbonyl (C=O) groups excluding carboxylic acids is 1. The van der Waals surface area contributed by atoms with Crippen LogP contribution in [0.4, 0.5) is 5.13 Å². The van der Waals surface area contributed by atoms with Gasteiger partial charge in [0.15, 0.2) is 16.0 Å². The lowest BCUT2D eigenvalue weighted by atomic mass is 10.1. The molecule has 5 rings (SSSR count). The number of thiazole rings is 1. The normalized spacial score (nSPS) is 15.7. The first-order valence-electron chi connectivity index (χ1n) is 10.7. The molecule has 1 aliphatic heterocycles. The first kappa shape index (κ1) is 21.9. The van der Waals surface area contributed by atoms with Crippen LogP contribution in [0.25, 0.3) is 22.8 Å². The lowest BCUT2D eigenvalue weighted by molar-refractivity contribution is -0.113. The summed E-state index contributed by atoms with van der Waals surface area (Å²) < 4.78 is 13.3. The first-order valence-corrected chi connectivity index (χ1v) is 12.6. The van der Waals surface area contributed by atoms with Gasteiger partial charge in [0.05, 0.1) is 30.4 Å². The van der Waals surface area contributed by atoms with Crippen LogP contribution in [0, 0.1) is 6.92 Å². The third-order valence-corrected chi connectivity index (χ3v) is 7.02. The van der Waals surface area contributed by atoms with Crippen molar-refractivity contribution in [2.75, 3.05) is 17.7 Å². The quantitative estimate of drug-likeness (QED) is 0.358. The van der Waals surface area contributed by atoms with Crippen LogP contribution in [0.3, 0.4) is 0 Å². The number of hydrogen-bond donors (Lipinski definition) is 1. The molecule has 1 aromatic carbocycles. The fourth-order valence-corrected chi connectivity index (χ4v) is 5.10. The van der Waals surface area contributed by atoms with Crippen molar-refractivity contribution in [1.29, 1.82) is 0 Å². The average molecular weight is 482 g/mol. The van der Waals surface area contributed by atoms with E-state index in [9.17, 15) is 4.79 Å². The Bertz CT molecular complexity index is 1210. The van der Waals surface area contributed by atoms with Gasteiger partial charge in [0, 0.05) is 17.6 Å². The second kappa shape index (κ2) is 9.90. The minimum Gasteiger partial charge on any atom is -0.461 e. The highest BCUT2D eigenvalue weighted by Crippen LogP contribution is 2.28. The number of anilines is 1. The molecular weight excluding hydrogens is 458 g/mol. The smallest absolute Gasteiger partial charge is 0.236 e. The van der Waals surface area contributed by atoms with E-state index in [1.54, 1.807) is 6.26 Å². The molecule has 1 amide bonds. The van der Waals surface area contributed by atoms with E-state index in [0.717, 1.165) is 30.7 Å². The Hall–Kier alpha value is -2.95. The van der Waals surface area contributed by atoms with Gasteiger partial charge in [0.2, 0.25) is 11.7 Å². The van der Waals surface area contributed by atoms with Gasteiger partial charge in [-0.1, -0.05) is 41.6 Å². The van der Waals surface area contributed by atoms with Gasteiger partial charge >= 0.3 is 0 Å². The molecule has 1 N–H and O–H groups in total. The minimum absolute atomic E-state index is 0.110. The molecule has 4 aromatic rings. The maximum absolute atomic E-state index is 12.6. The number of furan rings is 1. The molecule has 1 fully saturated rings. The summed E-state index contributed by atoms with van der Waals surface area (Å²) in [5.74, 6) is 1.33. The van der Waals surface area contributed by atoms with Crippen molar-refractivity contribution in [2.45, 2.75) is 37.6 Å². The number of hydrogen-bond acceptors (Lipinski definition) is 8. The van der Waals surface area contributed by atoms with Crippen LogP contribution < -0.4 is 5.32 Å². The molecular formula is C23H23N5O3S2. The molecule has 0 bridgehead atoms. The number of ether oxygens (including phenoxy) is 1. The van der Waals surface area contributed by atoms with Crippen LogP contribution >= 0.6 is 23.1 Å². The number of thioether (sulfide) groups is 1. The van der Waals surface area contributed by atoms with Crippen molar-refractivity contribution in [3.05, 3.63) is 53.6 Å². The van der Waals surface area contributed by atoms with Crippen molar-refractivity contribution in [2.24, 2.45) is 0 Å². The zero-order valence-electron chi connectivity index (χ0n) is 18.1. The van der Waals surface area contributed by atoms with E-state index >= 15 is 0 Å². The molecule has 1 saturated heterocycles. The van der Waals surface area contributed by atoms with Gasteiger partial charge in [0.1, 0.15) is 0 Å². The van der Waals surface area contributed by atoms with Gasteiger partial charge in [-0.05, 0) is 31.9 Å². The van der Waals surface area contributed by atoms with Gasteiger partial charge in [-0.25, -0.2) is 4.98 Å². The highest BCUT2D eigenvalue weighted by molar-refractivity contribution is 7.99. The minimum atomic E-state index is -0.143. The predicted molar refractivity (Wildman–Crippen MR) is 128 cm³/mol. The number of aryl methyl sites for hydroxylation is 1. The Morgan fingerprint density at radius 1 is 1.27 bits per heavy atom. The van der Waals surface area contributed by atoms with Crippen LogP contribution in [-0.4, -0.2) is 44.1 Å². The van der Waals surface area contributed by atoms with Crippen molar-refractivity contribution in [1.82, 2.24) is 19.7 Å². The maximum Gasteiger partial charge on any atom is 0.236 e. The average Bonchev–Trinajstić information content (AvgIpc) is 3.61. The summed E-state index contributed by atoms with van der Waals surface area (Å²) in [4.78, 5) is 17.1. The topological polar surface area (TPSA) is 95.1 Å². The Kier molecular flexibility index (Phi) is 6.56. The molecule has 4 heterocycles. The molecule has 1 unspecified atom stereocenters. The maximum atomic E-state index is 12.6. The molecule has 0 spiro atoms. The summed E-state index contributed by atoms with van der Waals surface area (Å²) in [6.45, 7) is 3.44. The zero-order chi connectivity index (χ0) is 22.6. The van der Waals surface area contributed by atoms with E-state index in [4.69, 9.17) is 9.15 Å². The lowest BCUT2D eigenvalue weighted by Gasteiger charge is -2.13. The number of benzene rings is 1. The second-order valence-corrected chi connectivity index (χ2v) is 9.57. The summed E-state index contributed by atoms with van der Waals surface area (Å²) >= 11 is 2.75. The Morgan fingerprint density at radius 3 is 2.91 bits per heavy atom. The number of nitrogens with one attached hydrogen (secondary N) is 1. The van der Waals surface area contributed by atoms with E-state index in [1.807, 2.05) is 53.3 Å².